The summed E-state index contributed by atoms with van der Waals surface area (Å²) in [6.45, 7) is 7.42. The van der Waals surface area contributed by atoms with Gasteiger partial charge < -0.3 is 15.0 Å². The summed E-state index contributed by atoms with van der Waals surface area (Å²) in [6, 6.07) is 9.96. The van der Waals surface area contributed by atoms with Crippen molar-refractivity contribution in [2.24, 2.45) is 4.99 Å². The molecule has 1 aromatic carbocycles. The third-order valence-corrected chi connectivity index (χ3v) is 6.72. The van der Waals surface area contributed by atoms with Gasteiger partial charge in [-0.25, -0.2) is 12.7 Å². The van der Waals surface area contributed by atoms with Crippen LogP contribution in [0.5, 0.6) is 5.75 Å². The molecule has 1 N–H and O–H groups in total. The zero-order chi connectivity index (χ0) is 20.4. The number of nitrogens with one attached hydrogen (secondary N) is 1. The van der Waals surface area contributed by atoms with Crippen molar-refractivity contribution < 1.29 is 13.2 Å². The fourth-order valence-corrected chi connectivity index (χ4v) is 3.99. The van der Waals surface area contributed by atoms with Crippen LogP contribution in [-0.2, 0) is 10.0 Å². The zero-order valence-electron chi connectivity index (χ0n) is 17.3. The maximum Gasteiger partial charge on any atom is 0.213 e. The Labute approximate surface area is 169 Å². The molecule has 1 aromatic rings. The van der Waals surface area contributed by atoms with Crippen LogP contribution in [-0.4, -0.2) is 75.2 Å². The molecule has 0 aliphatic carbocycles. The number of hydrogen-bond donors (Lipinski definition) is 1. The highest BCUT2D eigenvalue weighted by Crippen LogP contribution is 2.18. The Hall–Kier alpha value is -1.80. The lowest BCUT2D eigenvalue weighted by Gasteiger charge is -2.34. The first-order valence-electron chi connectivity index (χ1n) is 10.1. The minimum absolute atomic E-state index is 0.134. The van der Waals surface area contributed by atoms with Gasteiger partial charge in [0.1, 0.15) is 11.9 Å². The van der Waals surface area contributed by atoms with Gasteiger partial charge >= 0.3 is 0 Å². The van der Waals surface area contributed by atoms with Crippen molar-refractivity contribution in [2.45, 2.75) is 39.2 Å². The topological polar surface area (TPSA) is 74.2 Å². The summed E-state index contributed by atoms with van der Waals surface area (Å²) in [6.07, 6.45) is 2.85. The van der Waals surface area contributed by atoms with Crippen LogP contribution in [0, 0.1) is 0 Å². The van der Waals surface area contributed by atoms with Gasteiger partial charge in [-0.2, -0.15) is 0 Å². The fourth-order valence-electron chi connectivity index (χ4n) is 3.14. The van der Waals surface area contributed by atoms with E-state index in [1.165, 1.54) is 4.31 Å². The van der Waals surface area contributed by atoms with E-state index in [1.807, 2.05) is 30.3 Å². The van der Waals surface area contributed by atoms with Gasteiger partial charge in [0.25, 0.3) is 0 Å². The van der Waals surface area contributed by atoms with Crippen molar-refractivity contribution in [3.63, 3.8) is 0 Å². The predicted molar refractivity (Wildman–Crippen MR) is 114 cm³/mol. The molecule has 28 heavy (non-hydrogen) atoms. The molecule has 0 spiro atoms. The van der Waals surface area contributed by atoms with Crippen LogP contribution in [0.25, 0.3) is 0 Å². The van der Waals surface area contributed by atoms with Gasteiger partial charge in [-0.3, -0.25) is 4.99 Å². The van der Waals surface area contributed by atoms with Crippen LogP contribution >= 0.6 is 0 Å². The average molecular weight is 411 g/mol. The van der Waals surface area contributed by atoms with E-state index in [4.69, 9.17) is 9.73 Å². The summed E-state index contributed by atoms with van der Waals surface area (Å²) in [4.78, 5) is 6.96. The van der Waals surface area contributed by atoms with Crippen LogP contribution in [0.4, 0.5) is 0 Å². The molecule has 1 heterocycles. The number of sulfonamides is 1. The van der Waals surface area contributed by atoms with Crippen molar-refractivity contribution >= 4 is 16.0 Å². The number of nitrogens with zero attached hydrogens (tertiary/aromatic N) is 3. The summed E-state index contributed by atoms with van der Waals surface area (Å²) in [5.41, 5.74) is 0. The van der Waals surface area contributed by atoms with Gasteiger partial charge in [0.2, 0.25) is 10.0 Å². The molecule has 0 saturated carbocycles. The molecule has 1 saturated heterocycles. The molecule has 1 fully saturated rings. The Bertz CT molecular complexity index is 701. The van der Waals surface area contributed by atoms with Gasteiger partial charge in [-0.1, -0.05) is 18.2 Å². The number of guanidine groups is 1. The lowest BCUT2D eigenvalue weighted by Crippen LogP contribution is -2.47. The molecule has 2 rings (SSSR count). The van der Waals surface area contributed by atoms with E-state index in [0.29, 0.717) is 19.5 Å². The molecule has 0 aromatic heterocycles. The molecule has 0 radical (unpaired) electrons. The summed E-state index contributed by atoms with van der Waals surface area (Å²) >= 11 is 0. The number of ether oxygens (including phenoxy) is 1. The third kappa shape index (κ3) is 6.98. The summed E-state index contributed by atoms with van der Waals surface area (Å²) < 4.78 is 31.1. The first-order chi connectivity index (χ1) is 13.5. The molecule has 0 bridgehead atoms. The molecule has 0 amide bonds. The molecule has 8 heteroatoms. The lowest BCUT2D eigenvalue weighted by molar-refractivity contribution is 0.129. The maximum atomic E-state index is 11.8. The molecule has 158 valence electrons. The van der Waals surface area contributed by atoms with E-state index in [-0.39, 0.29) is 11.9 Å². The average Bonchev–Trinajstić information content (AvgIpc) is 2.71. The van der Waals surface area contributed by atoms with Crippen molar-refractivity contribution in [2.75, 3.05) is 45.5 Å². The van der Waals surface area contributed by atoms with Crippen molar-refractivity contribution in [1.82, 2.24) is 14.5 Å². The number of benzene rings is 1. The fraction of sp³-hybridized carbons (Fsp3) is 0.650. The van der Waals surface area contributed by atoms with Gasteiger partial charge in [-0.05, 0) is 32.4 Å². The number of piperidine rings is 1. The number of rotatable bonds is 9. The normalized spacial score (nSPS) is 16.4. The van der Waals surface area contributed by atoms with E-state index >= 15 is 0 Å². The zero-order valence-corrected chi connectivity index (χ0v) is 18.1. The number of aliphatic imine (C=N–C) groups is 1. The molecule has 0 unspecified atom stereocenters. The Kier molecular flexibility index (Phi) is 9.05. The molecular formula is C20H34N4O3S. The number of para-hydroxylation sites is 1. The van der Waals surface area contributed by atoms with E-state index in [9.17, 15) is 8.42 Å². The van der Waals surface area contributed by atoms with Gasteiger partial charge in [0.15, 0.2) is 5.96 Å². The summed E-state index contributed by atoms with van der Waals surface area (Å²) in [5, 5.41) is 3.35. The van der Waals surface area contributed by atoms with Crippen molar-refractivity contribution in [1.29, 1.82) is 0 Å². The molecular weight excluding hydrogens is 376 g/mol. The smallest absolute Gasteiger partial charge is 0.213 e. The number of hydrogen-bond acceptors (Lipinski definition) is 4. The van der Waals surface area contributed by atoms with Gasteiger partial charge in [0, 0.05) is 52.6 Å². The maximum absolute atomic E-state index is 11.8. The molecule has 0 atom stereocenters. The minimum Gasteiger partial charge on any atom is -0.490 e. The van der Waals surface area contributed by atoms with E-state index in [0.717, 1.165) is 44.2 Å². The minimum atomic E-state index is -3.12. The van der Waals surface area contributed by atoms with E-state index in [2.05, 4.69) is 17.1 Å². The van der Waals surface area contributed by atoms with Crippen LogP contribution in [0.3, 0.4) is 0 Å². The van der Waals surface area contributed by atoms with Crippen LogP contribution < -0.4 is 10.1 Å². The van der Waals surface area contributed by atoms with E-state index in [1.54, 1.807) is 14.0 Å². The van der Waals surface area contributed by atoms with E-state index < -0.39 is 10.0 Å². The Morgan fingerprint density at radius 2 is 1.93 bits per heavy atom. The predicted octanol–water partition coefficient (Wildman–Crippen LogP) is 2.17. The van der Waals surface area contributed by atoms with Crippen LogP contribution in [0.1, 0.15) is 33.1 Å². The van der Waals surface area contributed by atoms with Gasteiger partial charge in [-0.15, -0.1) is 0 Å². The third-order valence-electron chi connectivity index (χ3n) is 4.85. The number of likely N-dealkylation sites (tertiary alicyclic amines) is 1. The van der Waals surface area contributed by atoms with Crippen LogP contribution in [0.15, 0.2) is 35.3 Å². The second kappa shape index (κ2) is 11.3. The first-order valence-corrected chi connectivity index (χ1v) is 11.8. The standard InChI is InChI=1S/C20H34N4O3S/c1-4-21-20(22-14-9-15-23(3)28(25,26)5-2)24-16-12-19(13-17-24)27-18-10-7-6-8-11-18/h6-8,10-11,19H,4-5,9,12-17H2,1-3H3,(H,21,22). The molecule has 7 nitrogen and oxygen atoms in total. The molecule has 1 aliphatic rings. The highest BCUT2D eigenvalue weighted by atomic mass is 32.2. The largest absolute Gasteiger partial charge is 0.490 e. The summed E-state index contributed by atoms with van der Waals surface area (Å²) in [5.74, 6) is 1.96. The highest BCUT2D eigenvalue weighted by molar-refractivity contribution is 7.89. The Morgan fingerprint density at radius 1 is 1.25 bits per heavy atom. The highest BCUT2D eigenvalue weighted by Gasteiger charge is 2.22. The first kappa shape index (κ1) is 22.5. The Balaban J connectivity index is 1.81. The monoisotopic (exact) mass is 410 g/mol. The second-order valence-electron chi connectivity index (χ2n) is 6.93. The Morgan fingerprint density at radius 3 is 2.54 bits per heavy atom. The lowest BCUT2D eigenvalue weighted by atomic mass is 10.1. The van der Waals surface area contributed by atoms with Crippen molar-refractivity contribution in [3.05, 3.63) is 30.3 Å². The van der Waals surface area contributed by atoms with Crippen molar-refractivity contribution in [3.8, 4) is 5.75 Å². The second-order valence-corrected chi connectivity index (χ2v) is 9.29. The van der Waals surface area contributed by atoms with Crippen LogP contribution in [0.2, 0.25) is 0 Å². The summed E-state index contributed by atoms with van der Waals surface area (Å²) in [7, 11) is -1.49. The van der Waals surface area contributed by atoms with Gasteiger partial charge in [0.05, 0.1) is 5.75 Å². The molecule has 1 aliphatic heterocycles. The quantitative estimate of drug-likeness (QED) is 0.384. The SMILES string of the molecule is CCNC(=NCCCN(C)S(=O)(=O)CC)N1CCC(Oc2ccccc2)CC1.